The fourth-order valence-electron chi connectivity index (χ4n) is 3.26. The van der Waals surface area contributed by atoms with Crippen LogP contribution in [-0.4, -0.2) is 60.3 Å². The third kappa shape index (κ3) is 6.11. The molecule has 1 aliphatic heterocycles. The van der Waals surface area contributed by atoms with Crippen LogP contribution in [-0.2, 0) is 10.0 Å². The van der Waals surface area contributed by atoms with Gasteiger partial charge >= 0.3 is 6.61 Å². The summed E-state index contributed by atoms with van der Waals surface area (Å²) in [6.07, 6.45) is 0. The fourth-order valence-corrected chi connectivity index (χ4v) is 4.34. The summed E-state index contributed by atoms with van der Waals surface area (Å²) in [6, 6.07) is 8.87. The second-order valence-corrected chi connectivity index (χ2v) is 8.79. The Kier molecular flexibility index (Phi) is 8.33. The number of benzene rings is 2. The van der Waals surface area contributed by atoms with Gasteiger partial charge in [0.25, 0.3) is 10.0 Å². The van der Waals surface area contributed by atoms with Crippen molar-refractivity contribution >= 4 is 33.8 Å². The zero-order valence-corrected chi connectivity index (χ0v) is 19.1. The van der Waals surface area contributed by atoms with Gasteiger partial charge in [-0.05, 0) is 49.9 Å². The summed E-state index contributed by atoms with van der Waals surface area (Å²) in [7, 11) is -0.495. The highest BCUT2D eigenvalue weighted by atomic mass is 35.5. The van der Waals surface area contributed by atoms with Crippen LogP contribution in [0.2, 0.25) is 0 Å². The molecule has 3 rings (SSSR count). The number of alkyl halides is 2. The Morgan fingerprint density at radius 1 is 1.03 bits per heavy atom. The number of nitrogens with zero attached hydrogens (tertiary/aromatic N) is 2. The van der Waals surface area contributed by atoms with Crippen LogP contribution in [0.1, 0.15) is 5.56 Å². The van der Waals surface area contributed by atoms with Gasteiger partial charge in [-0.1, -0.05) is 6.07 Å². The van der Waals surface area contributed by atoms with Gasteiger partial charge in [0.05, 0.1) is 23.4 Å². The smallest absolute Gasteiger partial charge is 0.387 e. The number of halogens is 3. The van der Waals surface area contributed by atoms with Crippen molar-refractivity contribution in [2.75, 3.05) is 50.0 Å². The average Bonchev–Trinajstić information content (AvgIpc) is 2.69. The van der Waals surface area contributed by atoms with E-state index in [1.165, 1.54) is 31.4 Å². The van der Waals surface area contributed by atoms with E-state index in [4.69, 9.17) is 4.74 Å². The molecule has 0 spiro atoms. The first-order chi connectivity index (χ1) is 14.2. The Balaban J connectivity index is 0.00000341. The Bertz CT molecular complexity index is 1000. The lowest BCUT2D eigenvalue weighted by Gasteiger charge is -2.34. The standard InChI is InChI=1S/C20H25F2N3O4S.ClH/c1-14-4-6-18(29-20(21)22)16(12-14)23-30(26,27)15-5-7-19(28-3)17(13-15)25-10-8-24(2)9-11-25;/h4-7,12-13,20,23H,8-11H2,1-3H3;1H. The van der Waals surface area contributed by atoms with Crippen molar-refractivity contribution in [3.63, 3.8) is 0 Å². The summed E-state index contributed by atoms with van der Waals surface area (Å²) in [5, 5.41) is 0. The molecule has 31 heavy (non-hydrogen) atoms. The Labute approximate surface area is 187 Å². The molecule has 7 nitrogen and oxygen atoms in total. The lowest BCUT2D eigenvalue weighted by atomic mass is 10.2. The molecule has 1 heterocycles. The second-order valence-electron chi connectivity index (χ2n) is 7.11. The van der Waals surface area contributed by atoms with Crippen molar-refractivity contribution < 1.29 is 26.7 Å². The zero-order valence-electron chi connectivity index (χ0n) is 17.5. The number of aryl methyl sites for hydroxylation is 1. The quantitative estimate of drug-likeness (QED) is 0.657. The molecule has 1 N–H and O–H groups in total. The molecule has 1 fully saturated rings. The number of sulfonamides is 1. The molecule has 2 aromatic carbocycles. The van der Waals surface area contributed by atoms with Gasteiger partial charge in [-0.15, -0.1) is 12.4 Å². The first kappa shape index (κ1) is 25.0. The minimum Gasteiger partial charge on any atom is -0.495 e. The van der Waals surface area contributed by atoms with E-state index >= 15 is 0 Å². The molecule has 0 radical (unpaired) electrons. The number of ether oxygens (including phenoxy) is 2. The predicted octanol–water partition coefficient (Wildman–Crippen LogP) is 3.58. The van der Waals surface area contributed by atoms with Crippen molar-refractivity contribution in [1.82, 2.24) is 4.90 Å². The lowest BCUT2D eigenvalue weighted by Crippen LogP contribution is -2.44. The maximum Gasteiger partial charge on any atom is 0.387 e. The van der Waals surface area contributed by atoms with Crippen molar-refractivity contribution in [2.24, 2.45) is 0 Å². The normalized spacial score (nSPS) is 14.8. The first-order valence-corrected chi connectivity index (χ1v) is 10.9. The summed E-state index contributed by atoms with van der Waals surface area (Å²) in [5.74, 6) is 0.322. The summed E-state index contributed by atoms with van der Waals surface area (Å²) in [6.45, 7) is 1.80. The number of piperazine rings is 1. The molecular formula is C20H26ClF2N3O4S. The highest BCUT2D eigenvalue weighted by Gasteiger charge is 2.23. The van der Waals surface area contributed by atoms with Crippen molar-refractivity contribution in [2.45, 2.75) is 18.4 Å². The van der Waals surface area contributed by atoms with E-state index in [1.54, 1.807) is 19.1 Å². The van der Waals surface area contributed by atoms with Crippen LogP contribution in [0.3, 0.4) is 0 Å². The largest absolute Gasteiger partial charge is 0.495 e. The molecule has 0 aromatic heterocycles. The number of hydrogen-bond donors (Lipinski definition) is 1. The second kappa shape index (κ2) is 10.3. The van der Waals surface area contributed by atoms with E-state index in [9.17, 15) is 17.2 Å². The van der Waals surface area contributed by atoms with Crippen LogP contribution in [0.5, 0.6) is 11.5 Å². The van der Waals surface area contributed by atoms with Crippen LogP contribution in [0.25, 0.3) is 0 Å². The van der Waals surface area contributed by atoms with Crippen molar-refractivity contribution in [3.8, 4) is 11.5 Å². The first-order valence-electron chi connectivity index (χ1n) is 9.39. The van der Waals surface area contributed by atoms with Crippen LogP contribution in [0, 0.1) is 6.92 Å². The van der Waals surface area contributed by atoms with Gasteiger partial charge in [0.1, 0.15) is 11.5 Å². The van der Waals surface area contributed by atoms with Gasteiger partial charge in [-0.3, -0.25) is 4.72 Å². The Morgan fingerprint density at radius 2 is 1.68 bits per heavy atom. The highest BCUT2D eigenvalue weighted by molar-refractivity contribution is 7.92. The maximum atomic E-state index is 13.0. The van der Waals surface area contributed by atoms with Crippen molar-refractivity contribution in [1.29, 1.82) is 0 Å². The van der Waals surface area contributed by atoms with Gasteiger partial charge in [-0.2, -0.15) is 8.78 Å². The van der Waals surface area contributed by atoms with Crippen LogP contribution in [0.15, 0.2) is 41.3 Å². The molecule has 1 aliphatic rings. The van der Waals surface area contributed by atoms with Crippen LogP contribution < -0.4 is 19.1 Å². The highest BCUT2D eigenvalue weighted by Crippen LogP contribution is 2.34. The average molecular weight is 478 g/mol. The zero-order chi connectivity index (χ0) is 21.9. The predicted molar refractivity (Wildman–Crippen MR) is 119 cm³/mol. The Morgan fingerprint density at radius 3 is 2.29 bits per heavy atom. The minimum atomic E-state index is -4.05. The van der Waals surface area contributed by atoms with Gasteiger partial charge < -0.3 is 19.3 Å². The topological polar surface area (TPSA) is 71.1 Å². The van der Waals surface area contributed by atoms with E-state index in [2.05, 4.69) is 19.3 Å². The molecule has 0 bridgehead atoms. The van der Waals surface area contributed by atoms with Crippen LogP contribution >= 0.6 is 12.4 Å². The summed E-state index contributed by atoms with van der Waals surface area (Å²) in [4.78, 5) is 4.25. The summed E-state index contributed by atoms with van der Waals surface area (Å²) >= 11 is 0. The third-order valence-corrected chi connectivity index (χ3v) is 6.26. The van der Waals surface area contributed by atoms with Gasteiger partial charge in [0.15, 0.2) is 0 Å². The summed E-state index contributed by atoms with van der Waals surface area (Å²) < 4.78 is 63.7. The maximum absolute atomic E-state index is 13.0. The third-order valence-electron chi connectivity index (χ3n) is 4.90. The molecule has 1 saturated heterocycles. The fraction of sp³-hybridized carbons (Fsp3) is 0.400. The number of methoxy groups -OCH3 is 1. The van der Waals surface area contributed by atoms with E-state index in [-0.39, 0.29) is 28.7 Å². The van der Waals surface area contributed by atoms with E-state index in [0.717, 1.165) is 26.2 Å². The molecule has 0 atom stereocenters. The van der Waals surface area contributed by atoms with E-state index in [0.29, 0.717) is 17.0 Å². The van der Waals surface area contributed by atoms with Gasteiger partial charge in [0.2, 0.25) is 0 Å². The summed E-state index contributed by atoms with van der Waals surface area (Å²) in [5.41, 5.74) is 1.32. The number of rotatable bonds is 7. The minimum absolute atomic E-state index is 0. The molecule has 2 aromatic rings. The molecule has 172 valence electrons. The molecule has 11 heteroatoms. The SMILES string of the molecule is COc1ccc(S(=O)(=O)Nc2cc(C)ccc2OC(F)F)cc1N1CCN(C)CC1.Cl. The Hall–Kier alpha value is -2.30. The van der Waals surface area contributed by atoms with Gasteiger partial charge in [0, 0.05) is 26.2 Å². The number of likely N-dealkylation sites (N-methyl/N-ethyl adjacent to an activating group) is 1. The molecule has 0 amide bonds. The lowest BCUT2D eigenvalue weighted by molar-refractivity contribution is -0.0493. The van der Waals surface area contributed by atoms with Gasteiger partial charge in [-0.25, -0.2) is 8.42 Å². The van der Waals surface area contributed by atoms with Crippen molar-refractivity contribution in [3.05, 3.63) is 42.0 Å². The molecule has 0 saturated carbocycles. The van der Waals surface area contributed by atoms with Crippen LogP contribution in [0.4, 0.5) is 20.2 Å². The van der Waals surface area contributed by atoms with E-state index < -0.39 is 16.6 Å². The molecule has 0 aliphatic carbocycles. The number of hydrogen-bond acceptors (Lipinski definition) is 6. The number of anilines is 2. The van der Waals surface area contributed by atoms with E-state index in [1.807, 2.05) is 7.05 Å². The monoisotopic (exact) mass is 477 g/mol. The number of nitrogens with one attached hydrogen (secondary N) is 1. The molecule has 0 unspecified atom stereocenters. The molecular weight excluding hydrogens is 452 g/mol.